The molecule has 1 N–H and O–H groups in total. The molecule has 2 aromatic rings. The van der Waals surface area contributed by atoms with Gasteiger partial charge in [0.2, 0.25) is 0 Å². The van der Waals surface area contributed by atoms with Gasteiger partial charge in [-0.3, -0.25) is 4.79 Å². The van der Waals surface area contributed by atoms with Gasteiger partial charge in [0.15, 0.2) is 0 Å². The summed E-state index contributed by atoms with van der Waals surface area (Å²) in [5.41, 5.74) is 4.05. The van der Waals surface area contributed by atoms with Crippen molar-refractivity contribution in [1.82, 2.24) is 0 Å². The molecule has 1 aliphatic heterocycles. The fraction of sp³-hybridized carbons (Fsp3) is 0.235. The van der Waals surface area contributed by atoms with E-state index in [1.165, 1.54) is 5.56 Å². The van der Waals surface area contributed by atoms with Gasteiger partial charge >= 0.3 is 0 Å². The summed E-state index contributed by atoms with van der Waals surface area (Å²) in [6.07, 6.45) is 0. The standard InChI is InChI=1S/C17H17NO/c1-11(2)16-12-7-3-4-8-13(12)17(19)18-15-10-6-5-9-14(15)16/h3-11,16H,1-2H3,(H,18,19). The van der Waals surface area contributed by atoms with Gasteiger partial charge in [0.25, 0.3) is 5.91 Å². The van der Waals surface area contributed by atoms with E-state index < -0.39 is 0 Å². The molecule has 0 spiro atoms. The molecule has 2 aromatic carbocycles. The van der Waals surface area contributed by atoms with E-state index in [4.69, 9.17) is 0 Å². The summed E-state index contributed by atoms with van der Waals surface area (Å²) in [6.45, 7) is 4.40. The van der Waals surface area contributed by atoms with Crippen molar-refractivity contribution in [3.8, 4) is 0 Å². The number of carbonyl (C=O) groups is 1. The molecule has 0 aromatic heterocycles. The lowest BCUT2D eigenvalue weighted by molar-refractivity contribution is 0.102. The van der Waals surface area contributed by atoms with Crippen LogP contribution in [0.1, 0.15) is 41.3 Å². The van der Waals surface area contributed by atoms with Gasteiger partial charge in [-0.2, -0.15) is 0 Å². The Morgan fingerprint density at radius 2 is 1.58 bits per heavy atom. The van der Waals surface area contributed by atoms with E-state index in [9.17, 15) is 4.79 Å². The van der Waals surface area contributed by atoms with Gasteiger partial charge in [-0.05, 0) is 29.2 Å². The van der Waals surface area contributed by atoms with E-state index in [0.717, 1.165) is 16.8 Å². The fourth-order valence-corrected chi connectivity index (χ4v) is 2.93. The predicted molar refractivity (Wildman–Crippen MR) is 77.5 cm³/mol. The van der Waals surface area contributed by atoms with Crippen molar-refractivity contribution < 1.29 is 4.79 Å². The Morgan fingerprint density at radius 3 is 2.32 bits per heavy atom. The minimum absolute atomic E-state index is 0.00815. The van der Waals surface area contributed by atoms with Gasteiger partial charge < -0.3 is 5.32 Å². The topological polar surface area (TPSA) is 29.1 Å². The van der Waals surface area contributed by atoms with Gasteiger partial charge in [0.05, 0.1) is 0 Å². The van der Waals surface area contributed by atoms with E-state index in [1.807, 2.05) is 36.4 Å². The molecule has 1 heterocycles. The van der Waals surface area contributed by atoms with Gasteiger partial charge in [-0.25, -0.2) is 0 Å². The van der Waals surface area contributed by atoms with Crippen molar-refractivity contribution >= 4 is 11.6 Å². The van der Waals surface area contributed by atoms with Crippen LogP contribution in [0.2, 0.25) is 0 Å². The van der Waals surface area contributed by atoms with Crippen molar-refractivity contribution in [1.29, 1.82) is 0 Å². The van der Waals surface area contributed by atoms with Crippen LogP contribution in [0.3, 0.4) is 0 Å². The molecule has 0 saturated carbocycles. The molecule has 2 heteroatoms. The minimum Gasteiger partial charge on any atom is -0.322 e. The van der Waals surface area contributed by atoms with E-state index in [2.05, 4.69) is 31.3 Å². The fourth-order valence-electron chi connectivity index (χ4n) is 2.93. The average molecular weight is 251 g/mol. The molecule has 0 bridgehead atoms. The molecule has 0 aliphatic carbocycles. The first kappa shape index (κ1) is 12.0. The second kappa shape index (κ2) is 4.54. The molecule has 2 nitrogen and oxygen atoms in total. The molecule has 0 saturated heterocycles. The molecule has 1 aliphatic rings. The monoisotopic (exact) mass is 251 g/mol. The van der Waals surface area contributed by atoms with Crippen LogP contribution in [0.4, 0.5) is 5.69 Å². The maximum absolute atomic E-state index is 12.3. The molecule has 1 amide bonds. The normalized spacial score (nSPS) is 17.4. The van der Waals surface area contributed by atoms with Crippen LogP contribution in [0.25, 0.3) is 0 Å². The maximum Gasteiger partial charge on any atom is 0.255 e. The maximum atomic E-state index is 12.3. The van der Waals surface area contributed by atoms with E-state index in [1.54, 1.807) is 0 Å². The third kappa shape index (κ3) is 1.93. The highest BCUT2D eigenvalue weighted by Gasteiger charge is 2.28. The number of hydrogen-bond donors (Lipinski definition) is 1. The van der Waals surface area contributed by atoms with Gasteiger partial charge in [0, 0.05) is 17.2 Å². The second-order valence-corrected chi connectivity index (χ2v) is 5.35. The zero-order chi connectivity index (χ0) is 13.4. The van der Waals surface area contributed by atoms with Crippen LogP contribution in [-0.4, -0.2) is 5.91 Å². The summed E-state index contributed by atoms with van der Waals surface area (Å²) < 4.78 is 0. The number of carbonyl (C=O) groups excluding carboxylic acids is 1. The van der Waals surface area contributed by atoms with Crippen molar-refractivity contribution in [3.05, 3.63) is 65.2 Å². The van der Waals surface area contributed by atoms with Crippen LogP contribution < -0.4 is 5.32 Å². The third-order valence-electron chi connectivity index (χ3n) is 3.75. The van der Waals surface area contributed by atoms with Crippen molar-refractivity contribution in [2.75, 3.05) is 5.32 Å². The number of hydrogen-bond acceptors (Lipinski definition) is 1. The van der Waals surface area contributed by atoms with E-state index in [0.29, 0.717) is 5.92 Å². The Balaban J connectivity index is 2.29. The Bertz CT molecular complexity index is 631. The van der Waals surface area contributed by atoms with Gasteiger partial charge in [-0.1, -0.05) is 50.2 Å². The van der Waals surface area contributed by atoms with Crippen LogP contribution in [0.5, 0.6) is 0 Å². The van der Waals surface area contributed by atoms with Crippen molar-refractivity contribution in [2.45, 2.75) is 19.8 Å². The Labute approximate surface area is 113 Å². The highest BCUT2D eigenvalue weighted by atomic mass is 16.1. The molecular formula is C17H17NO. The molecule has 96 valence electrons. The summed E-state index contributed by atoms with van der Waals surface area (Å²) in [5, 5.41) is 3.02. The first-order valence-corrected chi connectivity index (χ1v) is 6.67. The molecule has 19 heavy (non-hydrogen) atoms. The lowest BCUT2D eigenvalue weighted by Crippen LogP contribution is -2.12. The quantitative estimate of drug-likeness (QED) is 0.814. The van der Waals surface area contributed by atoms with Crippen molar-refractivity contribution in [3.63, 3.8) is 0 Å². The lowest BCUT2D eigenvalue weighted by Gasteiger charge is -2.22. The summed E-state index contributed by atoms with van der Waals surface area (Å²) in [6, 6.07) is 16.0. The third-order valence-corrected chi connectivity index (χ3v) is 3.75. The zero-order valence-electron chi connectivity index (χ0n) is 11.2. The molecule has 0 radical (unpaired) electrons. The number of nitrogens with one attached hydrogen (secondary N) is 1. The minimum atomic E-state index is -0.00815. The van der Waals surface area contributed by atoms with Crippen LogP contribution in [-0.2, 0) is 0 Å². The largest absolute Gasteiger partial charge is 0.322 e. The number of benzene rings is 2. The predicted octanol–water partition coefficient (Wildman–Crippen LogP) is 4.04. The molecule has 0 fully saturated rings. The smallest absolute Gasteiger partial charge is 0.255 e. The Hall–Kier alpha value is -2.09. The van der Waals surface area contributed by atoms with Gasteiger partial charge in [0.1, 0.15) is 0 Å². The first-order chi connectivity index (χ1) is 9.18. The van der Waals surface area contributed by atoms with Crippen LogP contribution in [0, 0.1) is 5.92 Å². The Morgan fingerprint density at radius 1 is 0.947 bits per heavy atom. The molecule has 1 unspecified atom stereocenters. The van der Waals surface area contributed by atoms with Crippen molar-refractivity contribution in [2.24, 2.45) is 5.92 Å². The first-order valence-electron chi connectivity index (χ1n) is 6.67. The number of para-hydroxylation sites is 1. The highest BCUT2D eigenvalue weighted by Crippen LogP contribution is 2.39. The van der Waals surface area contributed by atoms with Crippen LogP contribution in [0.15, 0.2) is 48.5 Å². The number of rotatable bonds is 1. The molecule has 1 atom stereocenters. The highest BCUT2D eigenvalue weighted by molar-refractivity contribution is 6.07. The molecule has 3 rings (SSSR count). The average Bonchev–Trinajstić information content (AvgIpc) is 2.53. The number of fused-ring (bicyclic) bond motifs is 2. The summed E-state index contributed by atoms with van der Waals surface area (Å²) in [4.78, 5) is 12.3. The number of anilines is 1. The van der Waals surface area contributed by atoms with Crippen LogP contribution >= 0.6 is 0 Å². The summed E-state index contributed by atoms with van der Waals surface area (Å²) in [7, 11) is 0. The van der Waals surface area contributed by atoms with E-state index in [-0.39, 0.29) is 11.8 Å². The number of amides is 1. The van der Waals surface area contributed by atoms with Gasteiger partial charge in [-0.15, -0.1) is 0 Å². The lowest BCUT2D eigenvalue weighted by atomic mass is 9.81. The summed E-state index contributed by atoms with van der Waals surface area (Å²) in [5.74, 6) is 0.688. The SMILES string of the molecule is CC(C)C1c2ccccc2NC(=O)c2ccccc21. The van der Waals surface area contributed by atoms with E-state index >= 15 is 0 Å². The summed E-state index contributed by atoms with van der Waals surface area (Å²) >= 11 is 0. The zero-order valence-corrected chi connectivity index (χ0v) is 11.2. The second-order valence-electron chi connectivity index (χ2n) is 5.35. The molecular weight excluding hydrogens is 234 g/mol. The Kier molecular flexibility index (Phi) is 2.86.